The lowest BCUT2D eigenvalue weighted by atomic mass is 10.3. The van der Waals surface area contributed by atoms with Crippen LogP contribution in [0.15, 0.2) is 0 Å². The quantitative estimate of drug-likeness (QED) is 0.127. The van der Waals surface area contributed by atoms with Gasteiger partial charge in [-0.3, -0.25) is 9.80 Å². The van der Waals surface area contributed by atoms with Gasteiger partial charge >= 0.3 is 17.6 Å². The number of nitrogens with zero attached hydrogens (tertiary/aromatic N) is 2. The zero-order valence-corrected chi connectivity index (χ0v) is 26.7. The van der Waals surface area contributed by atoms with Gasteiger partial charge in [0.05, 0.1) is 12.3 Å². The van der Waals surface area contributed by atoms with E-state index in [1.807, 2.05) is 27.7 Å². The summed E-state index contributed by atoms with van der Waals surface area (Å²) < 4.78 is 32.9. The van der Waals surface area contributed by atoms with Crippen LogP contribution in [-0.4, -0.2) is 92.4 Å². The predicted molar refractivity (Wildman–Crippen MR) is 152 cm³/mol. The zero-order chi connectivity index (χ0) is 26.4. The summed E-state index contributed by atoms with van der Waals surface area (Å²) >= 11 is 0. The molecule has 0 radical (unpaired) electrons. The van der Waals surface area contributed by atoms with Crippen LogP contribution >= 0.6 is 0 Å². The summed E-state index contributed by atoms with van der Waals surface area (Å²) in [5, 5.41) is 0. The average Bonchev–Trinajstić information content (AvgIpc) is 2.83. The third kappa shape index (κ3) is 15.2. The molecule has 212 valence electrons. The van der Waals surface area contributed by atoms with Crippen LogP contribution in [0.1, 0.15) is 107 Å². The first-order chi connectivity index (χ1) is 16.9. The van der Waals surface area contributed by atoms with Gasteiger partial charge in [-0.2, -0.15) is 0 Å². The summed E-state index contributed by atoms with van der Waals surface area (Å²) in [5.41, 5.74) is 0. The topological polar surface area (TPSA) is 52.6 Å². The SMILES string of the molecule is CCCCN(CCCC)C[Si](OCC)(OCC)O[Si](CN(CCCC)CCCC)(OCC)OCC. The lowest BCUT2D eigenvalue weighted by Gasteiger charge is -2.41. The Morgan fingerprint density at radius 2 is 0.686 bits per heavy atom. The van der Waals surface area contributed by atoms with Gasteiger partial charge in [0.1, 0.15) is 0 Å². The van der Waals surface area contributed by atoms with Crippen LogP contribution in [0.2, 0.25) is 0 Å². The van der Waals surface area contributed by atoms with Crippen LogP contribution in [0, 0.1) is 0 Å². The van der Waals surface area contributed by atoms with E-state index in [1.165, 1.54) is 25.7 Å². The van der Waals surface area contributed by atoms with E-state index in [1.54, 1.807) is 0 Å². The second-order valence-electron chi connectivity index (χ2n) is 9.17. The predicted octanol–water partition coefficient (Wildman–Crippen LogP) is 5.91. The first-order valence-electron chi connectivity index (χ1n) is 14.6. The minimum absolute atomic E-state index is 0.555. The van der Waals surface area contributed by atoms with E-state index in [4.69, 9.17) is 21.8 Å². The molecule has 0 amide bonds. The second-order valence-corrected chi connectivity index (χ2v) is 14.5. The second kappa shape index (κ2) is 22.2. The normalized spacial score (nSPS) is 12.9. The van der Waals surface area contributed by atoms with Crippen molar-refractivity contribution in [3.8, 4) is 0 Å². The molecule has 0 aliphatic heterocycles. The molecule has 0 saturated heterocycles. The van der Waals surface area contributed by atoms with E-state index in [-0.39, 0.29) is 0 Å². The summed E-state index contributed by atoms with van der Waals surface area (Å²) in [5.74, 6) is 0. The van der Waals surface area contributed by atoms with E-state index in [0.29, 0.717) is 38.8 Å². The lowest BCUT2D eigenvalue weighted by Crippen LogP contribution is -2.67. The van der Waals surface area contributed by atoms with Crippen molar-refractivity contribution in [1.82, 2.24) is 9.80 Å². The molecule has 0 aliphatic rings. The first-order valence-corrected chi connectivity index (χ1v) is 18.5. The maximum absolute atomic E-state index is 7.07. The van der Waals surface area contributed by atoms with Gasteiger partial charge in [-0.15, -0.1) is 0 Å². The Hall–Kier alpha value is 0.154. The molecule has 7 nitrogen and oxygen atoms in total. The van der Waals surface area contributed by atoms with Gasteiger partial charge in [0.25, 0.3) is 0 Å². The first kappa shape index (κ1) is 35.2. The van der Waals surface area contributed by atoms with Crippen molar-refractivity contribution in [2.24, 2.45) is 0 Å². The highest BCUT2D eigenvalue weighted by atomic mass is 28.5. The fourth-order valence-electron chi connectivity index (χ4n) is 4.18. The molecule has 0 bridgehead atoms. The van der Waals surface area contributed by atoms with Crippen molar-refractivity contribution < 1.29 is 21.8 Å². The highest BCUT2D eigenvalue weighted by Crippen LogP contribution is 2.23. The molecule has 0 unspecified atom stereocenters. The van der Waals surface area contributed by atoms with Crippen molar-refractivity contribution in [1.29, 1.82) is 0 Å². The smallest absolute Gasteiger partial charge is 0.373 e. The molecule has 0 atom stereocenters. The molecule has 0 spiro atoms. The molecule has 9 heteroatoms. The Morgan fingerprint density at radius 3 is 0.886 bits per heavy atom. The average molecular weight is 537 g/mol. The van der Waals surface area contributed by atoms with Gasteiger partial charge in [0.15, 0.2) is 0 Å². The van der Waals surface area contributed by atoms with E-state index >= 15 is 0 Å². The Labute approximate surface area is 220 Å². The van der Waals surface area contributed by atoms with E-state index in [9.17, 15) is 0 Å². The van der Waals surface area contributed by atoms with E-state index < -0.39 is 17.6 Å². The molecule has 0 saturated carbocycles. The minimum Gasteiger partial charge on any atom is -0.373 e. The highest BCUT2D eigenvalue weighted by molar-refractivity contribution is 6.75. The zero-order valence-electron chi connectivity index (χ0n) is 24.7. The summed E-state index contributed by atoms with van der Waals surface area (Å²) in [6, 6.07) is 0. The minimum atomic E-state index is -3.09. The molecule has 0 fully saturated rings. The van der Waals surface area contributed by atoms with Gasteiger partial charge in [0.2, 0.25) is 0 Å². The fourth-order valence-corrected chi connectivity index (χ4v) is 11.6. The molecule has 0 N–H and O–H groups in total. The molecular weight excluding hydrogens is 476 g/mol. The van der Waals surface area contributed by atoms with Gasteiger partial charge in [-0.05, 0) is 79.6 Å². The molecule has 0 aromatic rings. The molecule has 0 aromatic carbocycles. The highest BCUT2D eigenvalue weighted by Gasteiger charge is 2.55. The standard InChI is InChI=1S/C26H60N2O5Si2/c1-9-17-21-27(22-18-10-2)25-34(29-13-5,30-14-6)33-35(31-15-7,32-16-8)26-28(23-19-11-3)24-20-12-4/h9-26H2,1-8H3. The van der Waals surface area contributed by atoms with Gasteiger partial charge in [-0.25, -0.2) is 0 Å². The Balaban J connectivity index is 6.15. The third-order valence-corrected chi connectivity index (χ3v) is 13.0. The largest absolute Gasteiger partial charge is 0.508 e. The maximum Gasteiger partial charge on any atom is 0.508 e. The monoisotopic (exact) mass is 536 g/mol. The molecule has 0 heterocycles. The van der Waals surface area contributed by atoms with Crippen LogP contribution < -0.4 is 0 Å². The van der Waals surface area contributed by atoms with Gasteiger partial charge in [-0.1, -0.05) is 53.4 Å². The van der Waals surface area contributed by atoms with Crippen molar-refractivity contribution in [3.63, 3.8) is 0 Å². The number of hydrogen-bond acceptors (Lipinski definition) is 7. The molecule has 35 heavy (non-hydrogen) atoms. The van der Waals surface area contributed by atoms with Crippen LogP contribution in [0.3, 0.4) is 0 Å². The van der Waals surface area contributed by atoms with Crippen molar-refractivity contribution in [2.45, 2.75) is 107 Å². The molecule has 0 aliphatic carbocycles. The van der Waals surface area contributed by atoms with Gasteiger partial charge in [0, 0.05) is 26.4 Å². The fraction of sp³-hybridized carbons (Fsp3) is 1.00. The van der Waals surface area contributed by atoms with Gasteiger partial charge < -0.3 is 21.8 Å². The molecule has 0 aromatic heterocycles. The molecular formula is C26H60N2O5Si2. The number of unbranched alkanes of at least 4 members (excludes halogenated alkanes) is 4. The Morgan fingerprint density at radius 1 is 0.429 bits per heavy atom. The van der Waals surface area contributed by atoms with Crippen molar-refractivity contribution >= 4 is 17.6 Å². The number of rotatable bonds is 26. The van der Waals surface area contributed by atoms with E-state index in [0.717, 1.165) is 51.9 Å². The summed E-state index contributed by atoms with van der Waals surface area (Å²) in [6.45, 7) is 23.5. The van der Waals surface area contributed by atoms with Crippen LogP contribution in [0.5, 0.6) is 0 Å². The van der Waals surface area contributed by atoms with Crippen LogP contribution in [0.4, 0.5) is 0 Å². The molecule has 0 rings (SSSR count). The van der Waals surface area contributed by atoms with Crippen molar-refractivity contribution in [2.75, 3.05) is 64.9 Å². The summed E-state index contributed by atoms with van der Waals surface area (Å²) in [4.78, 5) is 4.99. The Bertz CT molecular complexity index is 409. The van der Waals surface area contributed by atoms with Crippen LogP contribution in [-0.2, 0) is 21.8 Å². The lowest BCUT2D eigenvalue weighted by molar-refractivity contribution is 0.0327. The number of hydrogen-bond donors (Lipinski definition) is 0. The Kier molecular flexibility index (Phi) is 22.3. The van der Waals surface area contributed by atoms with E-state index in [2.05, 4.69) is 37.5 Å². The van der Waals surface area contributed by atoms with Crippen LogP contribution in [0.25, 0.3) is 0 Å². The maximum atomic E-state index is 7.07. The summed E-state index contributed by atoms with van der Waals surface area (Å²) in [7, 11) is -6.17. The summed E-state index contributed by atoms with van der Waals surface area (Å²) in [6.07, 6.45) is 10.7. The van der Waals surface area contributed by atoms with Crippen molar-refractivity contribution in [3.05, 3.63) is 0 Å². The third-order valence-electron chi connectivity index (χ3n) is 5.91.